The van der Waals surface area contributed by atoms with Crippen molar-refractivity contribution in [2.45, 2.75) is 57.6 Å². The molecule has 1 amide bonds. The molecule has 0 radical (unpaired) electrons. The second-order valence-corrected chi connectivity index (χ2v) is 6.02. The number of carbonyl (C=O) groups excluding carboxylic acids is 1. The van der Waals surface area contributed by atoms with Gasteiger partial charge in [0, 0.05) is 7.11 Å². The van der Waals surface area contributed by atoms with E-state index in [2.05, 4.69) is 10.3 Å². The number of aromatic nitrogens is 2. The molecule has 1 aromatic rings. The molecule has 26 heavy (non-hydrogen) atoms. The highest BCUT2D eigenvalue weighted by Gasteiger charge is 2.43. The molecule has 0 saturated carbocycles. The summed E-state index contributed by atoms with van der Waals surface area (Å²) in [7, 11) is 1.35. The van der Waals surface area contributed by atoms with Gasteiger partial charge in [-0.3, -0.25) is 9.88 Å². The first-order valence-corrected chi connectivity index (χ1v) is 8.47. The van der Waals surface area contributed by atoms with Gasteiger partial charge in [0.25, 0.3) is 0 Å². The highest BCUT2D eigenvalue weighted by Crippen LogP contribution is 2.30. The van der Waals surface area contributed by atoms with Gasteiger partial charge in [0.15, 0.2) is 17.9 Å². The molecule has 1 aliphatic heterocycles. The van der Waals surface area contributed by atoms with E-state index in [1.807, 2.05) is 6.92 Å². The lowest BCUT2D eigenvalue weighted by Crippen LogP contribution is -2.37. The number of nitrogens with one attached hydrogen (secondary N) is 1. The Bertz CT molecular complexity index is 682. The molecule has 0 aromatic carbocycles. The maximum atomic E-state index is 14.3. The largest absolute Gasteiger partial charge is 0.449 e. The first-order chi connectivity index (χ1) is 12.4. The fraction of sp³-hybridized carbons (Fsp3) is 0.688. The van der Waals surface area contributed by atoms with Crippen molar-refractivity contribution in [3.05, 3.63) is 22.5 Å². The number of ether oxygens (including phenoxy) is 3. The Morgan fingerprint density at radius 3 is 2.88 bits per heavy atom. The summed E-state index contributed by atoms with van der Waals surface area (Å²) < 4.78 is 30.6. The second-order valence-electron chi connectivity index (χ2n) is 6.02. The normalized spacial score (nSPS) is 25.3. The zero-order chi connectivity index (χ0) is 19.3. The smallest absolute Gasteiger partial charge is 0.412 e. The van der Waals surface area contributed by atoms with Crippen LogP contribution in [0, 0.1) is 5.82 Å². The lowest BCUT2D eigenvalue weighted by atomic mass is 10.1. The van der Waals surface area contributed by atoms with Crippen LogP contribution in [0.4, 0.5) is 15.0 Å². The van der Waals surface area contributed by atoms with Gasteiger partial charge >= 0.3 is 11.8 Å². The number of nitrogens with zero attached hydrogens (tertiary/aromatic N) is 2. The van der Waals surface area contributed by atoms with Crippen molar-refractivity contribution in [1.82, 2.24) is 9.55 Å². The summed E-state index contributed by atoms with van der Waals surface area (Å²) in [6.07, 6.45) is -0.934. The van der Waals surface area contributed by atoms with Crippen molar-refractivity contribution < 1.29 is 28.5 Å². The van der Waals surface area contributed by atoms with Crippen LogP contribution in [0.5, 0.6) is 0 Å². The highest BCUT2D eigenvalue weighted by atomic mass is 19.1. The molecule has 1 saturated heterocycles. The molecule has 9 nitrogen and oxygen atoms in total. The van der Waals surface area contributed by atoms with Crippen molar-refractivity contribution in [2.24, 2.45) is 0 Å². The van der Waals surface area contributed by atoms with Gasteiger partial charge in [-0.25, -0.2) is 14.0 Å². The van der Waals surface area contributed by atoms with Crippen LogP contribution in [0.2, 0.25) is 0 Å². The van der Waals surface area contributed by atoms with E-state index in [1.54, 1.807) is 6.92 Å². The summed E-state index contributed by atoms with van der Waals surface area (Å²) >= 11 is 0. The third kappa shape index (κ3) is 4.57. The molecule has 1 aromatic heterocycles. The molecule has 4 atom stereocenters. The maximum absolute atomic E-state index is 14.3. The molecular formula is C16H24FN3O6. The summed E-state index contributed by atoms with van der Waals surface area (Å²) in [4.78, 5) is 27.4. The van der Waals surface area contributed by atoms with Gasteiger partial charge in [-0.05, 0) is 13.3 Å². The van der Waals surface area contributed by atoms with Crippen molar-refractivity contribution in [3.8, 4) is 0 Å². The van der Waals surface area contributed by atoms with Gasteiger partial charge < -0.3 is 19.3 Å². The number of hydrogen-bond donors (Lipinski definition) is 2. The summed E-state index contributed by atoms with van der Waals surface area (Å²) in [6.45, 7) is 3.81. The highest BCUT2D eigenvalue weighted by molar-refractivity contribution is 5.83. The van der Waals surface area contributed by atoms with Gasteiger partial charge in [-0.15, -0.1) is 0 Å². The van der Waals surface area contributed by atoms with E-state index in [1.165, 1.54) is 7.11 Å². The third-order valence-corrected chi connectivity index (χ3v) is 4.11. The van der Waals surface area contributed by atoms with Gasteiger partial charge in [0.2, 0.25) is 0 Å². The molecule has 0 unspecified atom stereocenters. The molecule has 1 aliphatic rings. The summed E-state index contributed by atoms with van der Waals surface area (Å²) in [5.41, 5.74) is -0.860. The zero-order valence-corrected chi connectivity index (χ0v) is 15.0. The summed E-state index contributed by atoms with van der Waals surface area (Å²) in [5, 5.41) is 12.1. The molecule has 146 valence electrons. The van der Waals surface area contributed by atoms with E-state index in [4.69, 9.17) is 14.2 Å². The second kappa shape index (κ2) is 9.06. The quantitative estimate of drug-likeness (QED) is 0.695. The number of halogens is 1. The fourth-order valence-electron chi connectivity index (χ4n) is 2.66. The molecule has 2 rings (SSSR count). The Labute approximate surface area is 150 Å². The Morgan fingerprint density at radius 2 is 2.23 bits per heavy atom. The van der Waals surface area contributed by atoms with Gasteiger partial charge in [0.05, 0.1) is 18.9 Å². The molecule has 0 aliphatic carbocycles. The third-order valence-electron chi connectivity index (χ3n) is 4.11. The van der Waals surface area contributed by atoms with Crippen molar-refractivity contribution >= 4 is 11.9 Å². The van der Waals surface area contributed by atoms with Crippen LogP contribution in [0.3, 0.4) is 0 Å². The first kappa shape index (κ1) is 20.3. The minimum Gasteiger partial charge on any atom is -0.449 e. The number of unbranched alkanes of at least 4 members (excludes halogenated alkanes) is 2. The molecule has 10 heteroatoms. The van der Waals surface area contributed by atoms with E-state index in [0.717, 1.165) is 23.6 Å². The molecular weight excluding hydrogens is 349 g/mol. The van der Waals surface area contributed by atoms with Crippen LogP contribution in [0.1, 0.15) is 39.3 Å². The van der Waals surface area contributed by atoms with Gasteiger partial charge in [0.1, 0.15) is 12.2 Å². The standard InChI is InChI=1S/C16H24FN3O6/c1-4-5-6-7-25-16(23)19-13-10(17)8-20(15(22)18-13)14-12(24-3)11(21)9(2)26-14/h8-9,11-12,14,21H,4-7H2,1-3H3,(H,18,19,22,23)/t9-,11-,12-,14-/m1/s1. The number of aliphatic hydroxyl groups excluding tert-OH is 1. The number of rotatable bonds is 7. The molecule has 2 heterocycles. The first-order valence-electron chi connectivity index (χ1n) is 8.47. The van der Waals surface area contributed by atoms with Crippen LogP contribution >= 0.6 is 0 Å². The number of methoxy groups -OCH3 is 1. The van der Waals surface area contributed by atoms with Crippen LogP contribution in [-0.4, -0.2) is 52.8 Å². The van der Waals surface area contributed by atoms with Gasteiger partial charge in [-0.1, -0.05) is 19.8 Å². The molecule has 2 N–H and O–H groups in total. The average Bonchev–Trinajstić information content (AvgIpc) is 2.89. The van der Waals surface area contributed by atoms with E-state index in [9.17, 15) is 19.1 Å². The van der Waals surface area contributed by atoms with Crippen molar-refractivity contribution in [2.75, 3.05) is 19.0 Å². The summed E-state index contributed by atoms with van der Waals surface area (Å²) in [6, 6.07) is 0. The SMILES string of the molecule is CCCCCOC(=O)Nc1nc(=O)n([C@@H]2O[C@H](C)[C@@H](O)[C@H]2OC)cc1F. The number of carbonyl (C=O) groups is 1. The minimum atomic E-state index is -1.03. The molecule has 0 spiro atoms. The lowest BCUT2D eigenvalue weighted by molar-refractivity contribution is -0.0519. The fourth-order valence-corrected chi connectivity index (χ4v) is 2.66. The van der Waals surface area contributed by atoms with Crippen molar-refractivity contribution in [3.63, 3.8) is 0 Å². The van der Waals surface area contributed by atoms with E-state index in [0.29, 0.717) is 6.42 Å². The van der Waals surface area contributed by atoms with E-state index < -0.39 is 48.0 Å². The van der Waals surface area contributed by atoms with E-state index >= 15 is 0 Å². The molecule has 0 bridgehead atoms. The van der Waals surface area contributed by atoms with Gasteiger partial charge in [-0.2, -0.15) is 4.98 Å². The summed E-state index contributed by atoms with van der Waals surface area (Å²) in [5.74, 6) is -1.48. The topological polar surface area (TPSA) is 112 Å². The monoisotopic (exact) mass is 373 g/mol. The van der Waals surface area contributed by atoms with Crippen LogP contribution < -0.4 is 11.0 Å². The lowest BCUT2D eigenvalue weighted by Gasteiger charge is -2.20. The number of hydrogen-bond acceptors (Lipinski definition) is 7. The number of anilines is 1. The van der Waals surface area contributed by atoms with Crippen molar-refractivity contribution in [1.29, 1.82) is 0 Å². The van der Waals surface area contributed by atoms with Crippen LogP contribution in [-0.2, 0) is 14.2 Å². The minimum absolute atomic E-state index is 0.194. The number of amides is 1. The predicted octanol–water partition coefficient (Wildman–Crippen LogP) is 1.41. The average molecular weight is 373 g/mol. The predicted molar refractivity (Wildman–Crippen MR) is 89.3 cm³/mol. The Hall–Kier alpha value is -2.04. The Kier molecular flexibility index (Phi) is 7.06. The molecule has 1 fully saturated rings. The maximum Gasteiger partial charge on any atom is 0.412 e. The van der Waals surface area contributed by atoms with Crippen LogP contribution in [0.15, 0.2) is 11.0 Å². The van der Waals surface area contributed by atoms with Crippen LogP contribution in [0.25, 0.3) is 0 Å². The van der Waals surface area contributed by atoms with E-state index in [-0.39, 0.29) is 6.61 Å². The Balaban J connectivity index is 2.11. The zero-order valence-electron chi connectivity index (χ0n) is 15.0. The number of aliphatic hydroxyl groups is 1. The Morgan fingerprint density at radius 1 is 1.50 bits per heavy atom.